The summed E-state index contributed by atoms with van der Waals surface area (Å²) in [6.07, 6.45) is -0.981. The third-order valence-corrected chi connectivity index (χ3v) is 8.22. The molecule has 1 aliphatic heterocycles. The molecule has 2 aromatic heterocycles. The van der Waals surface area contributed by atoms with Crippen LogP contribution in [-0.2, 0) is 24.4 Å². The second kappa shape index (κ2) is 8.24. The van der Waals surface area contributed by atoms with Gasteiger partial charge >= 0.3 is 0 Å². The molecule has 0 amide bonds. The van der Waals surface area contributed by atoms with E-state index in [1.54, 1.807) is 13.8 Å². The van der Waals surface area contributed by atoms with Crippen molar-refractivity contribution < 1.29 is 30.1 Å². The van der Waals surface area contributed by atoms with Crippen LogP contribution in [-0.4, -0.2) is 84.3 Å². The highest BCUT2D eigenvalue weighted by Gasteiger charge is 2.44. The Bertz CT molecular complexity index is 1420. The number of rotatable bonds is 7. The van der Waals surface area contributed by atoms with Gasteiger partial charge in [-0.3, -0.25) is 4.55 Å². The zero-order chi connectivity index (χ0) is 24.2. The van der Waals surface area contributed by atoms with E-state index in [4.69, 9.17) is 4.18 Å². The number of aryl methyl sites for hydroxylation is 1. The van der Waals surface area contributed by atoms with E-state index in [0.29, 0.717) is 45.5 Å². The summed E-state index contributed by atoms with van der Waals surface area (Å²) in [5.41, 5.74) is 2.93. The van der Waals surface area contributed by atoms with Gasteiger partial charge in [0.1, 0.15) is 5.52 Å². The monoisotopic (exact) mass is 498 g/mol. The first-order valence-electron chi connectivity index (χ1n) is 10.5. The topological polar surface area (TPSA) is 141 Å². The van der Waals surface area contributed by atoms with Crippen LogP contribution in [0.15, 0.2) is 24.3 Å². The van der Waals surface area contributed by atoms with E-state index in [2.05, 4.69) is 15.1 Å². The van der Waals surface area contributed by atoms with Crippen molar-refractivity contribution >= 4 is 42.4 Å². The van der Waals surface area contributed by atoms with E-state index in [1.165, 1.54) is 4.68 Å². The Labute approximate surface area is 192 Å². The fourth-order valence-electron chi connectivity index (χ4n) is 4.75. The molecule has 3 aromatic rings. The first-order chi connectivity index (χ1) is 15.2. The Morgan fingerprint density at radius 2 is 1.67 bits per heavy atom. The lowest BCUT2D eigenvalue weighted by Gasteiger charge is -2.23. The normalized spacial score (nSPS) is 22.2. The Kier molecular flexibility index (Phi) is 5.98. The highest BCUT2D eigenvalue weighted by molar-refractivity contribution is 7.86. The van der Waals surface area contributed by atoms with Crippen LogP contribution in [0.25, 0.3) is 22.2 Å². The maximum Gasteiger partial charge on any atom is 0.269 e. The molecule has 11 nitrogen and oxygen atoms in total. The summed E-state index contributed by atoms with van der Waals surface area (Å²) in [5.74, 6) is -1.80. The van der Waals surface area contributed by atoms with E-state index < -0.39 is 44.1 Å². The van der Waals surface area contributed by atoms with Gasteiger partial charge in [0.15, 0.2) is 11.9 Å². The molecule has 0 aliphatic carbocycles. The summed E-state index contributed by atoms with van der Waals surface area (Å²) in [4.78, 5) is 9.18. The summed E-state index contributed by atoms with van der Waals surface area (Å²) in [7, 11) is -4.48. The average molecular weight is 499 g/mol. The molecule has 0 unspecified atom stereocenters. The van der Waals surface area contributed by atoms with Crippen molar-refractivity contribution in [2.45, 2.75) is 20.1 Å². The average Bonchev–Trinajstić information content (AvgIpc) is 3.13. The SMILES string of the molecule is Cc1nn([C@H](C)OS(=O)(=O)C[C@@H]2C[N+](C)(C)C[C@H]2CS(=O)(=O)O)c2nc3ccccc3nc12. The summed E-state index contributed by atoms with van der Waals surface area (Å²) in [5, 5.41) is 4.40. The third-order valence-electron chi connectivity index (χ3n) is 5.97. The third kappa shape index (κ3) is 5.32. The number of aromatic nitrogens is 4. The van der Waals surface area contributed by atoms with Crippen LogP contribution in [0.4, 0.5) is 0 Å². The van der Waals surface area contributed by atoms with Crippen LogP contribution in [0.5, 0.6) is 0 Å². The fourth-order valence-corrected chi connectivity index (χ4v) is 7.15. The van der Waals surface area contributed by atoms with Crippen LogP contribution in [0, 0.1) is 18.8 Å². The molecule has 0 bridgehead atoms. The van der Waals surface area contributed by atoms with Crippen LogP contribution < -0.4 is 0 Å². The molecule has 1 N–H and O–H groups in total. The van der Waals surface area contributed by atoms with Gasteiger partial charge in [-0.05, 0) is 26.0 Å². The van der Waals surface area contributed by atoms with Crippen LogP contribution >= 0.6 is 0 Å². The molecule has 33 heavy (non-hydrogen) atoms. The molecule has 3 heterocycles. The van der Waals surface area contributed by atoms with Crippen molar-refractivity contribution in [3.05, 3.63) is 30.0 Å². The van der Waals surface area contributed by atoms with Gasteiger partial charge in [-0.15, -0.1) is 0 Å². The van der Waals surface area contributed by atoms with Gasteiger partial charge < -0.3 is 4.48 Å². The van der Waals surface area contributed by atoms with Crippen molar-refractivity contribution in [3.63, 3.8) is 0 Å². The first-order valence-corrected chi connectivity index (χ1v) is 13.7. The Balaban J connectivity index is 1.58. The highest BCUT2D eigenvalue weighted by atomic mass is 32.2. The van der Waals surface area contributed by atoms with E-state index in [9.17, 15) is 21.4 Å². The number of quaternary nitrogens is 1. The lowest BCUT2D eigenvalue weighted by atomic mass is 10.0. The van der Waals surface area contributed by atoms with Crippen molar-refractivity contribution in [1.82, 2.24) is 19.7 Å². The minimum atomic E-state index is -4.23. The minimum Gasteiger partial charge on any atom is -0.328 e. The lowest BCUT2D eigenvalue weighted by molar-refractivity contribution is -0.880. The van der Waals surface area contributed by atoms with E-state index in [0.717, 1.165) is 0 Å². The molecule has 0 radical (unpaired) electrons. The van der Waals surface area contributed by atoms with Gasteiger partial charge in [0, 0.05) is 11.8 Å². The standard InChI is InChI=1S/C20H27N5O6S2/c1-13-19-20(22-18-8-6-5-7-17(18)21-19)24(23-13)14(2)31-33(29,30)12-16-10-25(3,4)9-15(16)11-32(26,27)28/h5-8,14-16H,9-12H2,1-4H3/p+1/t14-,15-,16-/m0/s1. The molecule has 13 heteroatoms. The van der Waals surface area contributed by atoms with Gasteiger partial charge in [-0.1, -0.05) is 12.1 Å². The van der Waals surface area contributed by atoms with Crippen molar-refractivity contribution in [1.29, 1.82) is 0 Å². The molecule has 4 rings (SSSR count). The van der Waals surface area contributed by atoms with Crippen molar-refractivity contribution in [2.75, 3.05) is 38.7 Å². The number of benzene rings is 1. The fraction of sp³-hybridized carbons (Fsp3) is 0.550. The molecule has 0 spiro atoms. The number of nitrogens with zero attached hydrogens (tertiary/aromatic N) is 5. The Hall–Kier alpha value is -2.19. The van der Waals surface area contributed by atoms with Gasteiger partial charge in [0.05, 0.1) is 55.4 Å². The number of likely N-dealkylation sites (tertiary alicyclic amines) is 1. The van der Waals surface area contributed by atoms with E-state index in [-0.39, 0.29) is 5.75 Å². The number of hydrogen-bond donors (Lipinski definition) is 1. The van der Waals surface area contributed by atoms with Crippen molar-refractivity contribution in [3.8, 4) is 0 Å². The number of fused-ring (bicyclic) bond motifs is 2. The number of hydrogen-bond acceptors (Lipinski definition) is 8. The minimum absolute atomic E-state index is 0.355. The molecule has 1 fully saturated rings. The number of para-hydroxylation sites is 2. The Morgan fingerprint density at radius 3 is 2.27 bits per heavy atom. The van der Waals surface area contributed by atoms with Gasteiger partial charge in [-0.2, -0.15) is 21.9 Å². The second-order valence-electron chi connectivity index (χ2n) is 9.40. The van der Waals surface area contributed by atoms with E-state index in [1.807, 2.05) is 38.4 Å². The summed E-state index contributed by atoms with van der Waals surface area (Å²) in [6.45, 7) is 4.23. The zero-order valence-electron chi connectivity index (χ0n) is 18.9. The van der Waals surface area contributed by atoms with Crippen LogP contribution in [0.2, 0.25) is 0 Å². The molecule has 1 saturated heterocycles. The molecular weight excluding hydrogens is 470 g/mol. The molecule has 1 aromatic carbocycles. The Morgan fingerprint density at radius 1 is 1.09 bits per heavy atom. The van der Waals surface area contributed by atoms with E-state index >= 15 is 0 Å². The zero-order valence-corrected chi connectivity index (χ0v) is 20.5. The van der Waals surface area contributed by atoms with Gasteiger partial charge in [-0.25, -0.2) is 18.8 Å². The predicted molar refractivity (Wildman–Crippen MR) is 122 cm³/mol. The predicted octanol–water partition coefficient (Wildman–Crippen LogP) is 1.36. The quantitative estimate of drug-likeness (QED) is 0.290. The maximum atomic E-state index is 12.9. The van der Waals surface area contributed by atoms with Crippen molar-refractivity contribution in [2.24, 2.45) is 11.8 Å². The van der Waals surface area contributed by atoms with Gasteiger partial charge in [0.2, 0.25) is 0 Å². The van der Waals surface area contributed by atoms with Crippen LogP contribution in [0.1, 0.15) is 18.8 Å². The molecular formula is C20H28N5O6S2+. The molecule has 1 aliphatic rings. The summed E-state index contributed by atoms with van der Waals surface area (Å²) in [6, 6.07) is 7.35. The summed E-state index contributed by atoms with van der Waals surface area (Å²) < 4.78 is 65.3. The smallest absolute Gasteiger partial charge is 0.269 e. The lowest BCUT2D eigenvalue weighted by Crippen LogP contribution is -2.37. The summed E-state index contributed by atoms with van der Waals surface area (Å²) >= 11 is 0. The van der Waals surface area contributed by atoms with Gasteiger partial charge in [0.25, 0.3) is 20.2 Å². The highest BCUT2D eigenvalue weighted by Crippen LogP contribution is 2.31. The molecule has 3 atom stereocenters. The second-order valence-corrected chi connectivity index (χ2v) is 12.5. The molecule has 0 saturated carbocycles. The largest absolute Gasteiger partial charge is 0.328 e. The van der Waals surface area contributed by atoms with Crippen LogP contribution in [0.3, 0.4) is 0 Å². The first kappa shape index (κ1) is 24.0. The molecule has 180 valence electrons. The maximum absolute atomic E-state index is 12.9.